The van der Waals surface area contributed by atoms with Crippen molar-refractivity contribution in [3.63, 3.8) is 0 Å². The summed E-state index contributed by atoms with van der Waals surface area (Å²) < 4.78 is 43.3. The van der Waals surface area contributed by atoms with Crippen molar-refractivity contribution in [3.8, 4) is 22.8 Å². The van der Waals surface area contributed by atoms with Crippen LogP contribution >= 0.6 is 0 Å². The molecular formula is C24H18N4O7S. The molecule has 36 heavy (non-hydrogen) atoms. The first-order chi connectivity index (χ1) is 17.2. The fourth-order valence-corrected chi connectivity index (χ4v) is 4.36. The van der Waals surface area contributed by atoms with Crippen molar-refractivity contribution in [1.29, 1.82) is 0 Å². The lowest BCUT2D eigenvalue weighted by atomic mass is 10.1. The molecule has 11 nitrogen and oxygen atoms in total. The number of methoxy groups -OCH3 is 2. The number of benzene rings is 3. The van der Waals surface area contributed by atoms with Crippen LogP contribution in [0.2, 0.25) is 0 Å². The normalized spacial score (nSPS) is 11.6. The van der Waals surface area contributed by atoms with Crippen molar-refractivity contribution in [3.05, 3.63) is 65.7 Å². The largest absolute Gasteiger partial charge is 0.465 e. The van der Waals surface area contributed by atoms with Crippen molar-refractivity contribution in [2.24, 2.45) is 0 Å². The third-order valence-corrected chi connectivity index (χ3v) is 6.39. The highest BCUT2D eigenvalue weighted by atomic mass is 32.2. The SMILES string of the molecule is COC(=O)c1ccc2nc(-c3cc(-c4nc5ccc(C(=O)OC)cc5[nH]4)cc(S(=O)(=O)O)c3)[nH]c2c1. The van der Waals surface area contributed by atoms with Gasteiger partial charge < -0.3 is 19.4 Å². The summed E-state index contributed by atoms with van der Waals surface area (Å²) in [4.78, 5) is 38.4. The summed E-state index contributed by atoms with van der Waals surface area (Å²) >= 11 is 0. The Morgan fingerprint density at radius 2 is 1.19 bits per heavy atom. The average Bonchev–Trinajstić information content (AvgIpc) is 3.50. The monoisotopic (exact) mass is 506 g/mol. The van der Waals surface area contributed by atoms with E-state index in [2.05, 4.69) is 19.9 Å². The van der Waals surface area contributed by atoms with Crippen LogP contribution in [0.5, 0.6) is 0 Å². The zero-order valence-electron chi connectivity index (χ0n) is 18.9. The smallest absolute Gasteiger partial charge is 0.337 e. The second-order valence-electron chi connectivity index (χ2n) is 7.84. The number of nitrogens with zero attached hydrogens (tertiary/aromatic N) is 2. The molecule has 0 aliphatic rings. The number of H-pyrrole nitrogens is 2. The Labute approximate surface area is 203 Å². The maximum atomic E-state index is 12.0. The molecule has 12 heteroatoms. The van der Waals surface area contributed by atoms with Crippen molar-refractivity contribution >= 4 is 44.1 Å². The van der Waals surface area contributed by atoms with E-state index in [4.69, 9.17) is 9.47 Å². The van der Waals surface area contributed by atoms with Crippen LogP contribution in [0.15, 0.2) is 59.5 Å². The average molecular weight is 506 g/mol. The molecule has 3 aromatic carbocycles. The maximum Gasteiger partial charge on any atom is 0.337 e. The highest BCUT2D eigenvalue weighted by Crippen LogP contribution is 2.30. The van der Waals surface area contributed by atoms with Crippen LogP contribution in [0, 0.1) is 0 Å². The van der Waals surface area contributed by atoms with Crippen LogP contribution < -0.4 is 0 Å². The van der Waals surface area contributed by atoms with Gasteiger partial charge in [0.2, 0.25) is 0 Å². The van der Waals surface area contributed by atoms with Gasteiger partial charge in [-0.05, 0) is 54.6 Å². The second-order valence-corrected chi connectivity index (χ2v) is 9.26. The minimum absolute atomic E-state index is 0.308. The number of ether oxygens (including phenoxy) is 2. The molecule has 0 amide bonds. The van der Waals surface area contributed by atoms with E-state index in [0.717, 1.165) is 0 Å². The Bertz CT molecular complexity index is 1670. The van der Waals surface area contributed by atoms with Crippen LogP contribution in [0.25, 0.3) is 44.8 Å². The van der Waals surface area contributed by atoms with Gasteiger partial charge in [0.05, 0.1) is 52.3 Å². The molecule has 5 rings (SSSR count). The van der Waals surface area contributed by atoms with Gasteiger partial charge >= 0.3 is 11.9 Å². The summed E-state index contributed by atoms with van der Waals surface area (Å²) in [6.07, 6.45) is 0. The van der Waals surface area contributed by atoms with Crippen molar-refractivity contribution in [2.75, 3.05) is 14.2 Å². The molecule has 2 aromatic heterocycles. The molecule has 182 valence electrons. The summed E-state index contributed by atoms with van der Waals surface area (Å²) in [7, 11) is -2.01. The van der Waals surface area contributed by atoms with Crippen molar-refractivity contribution in [1.82, 2.24) is 19.9 Å². The number of imidazole rings is 2. The fourth-order valence-electron chi connectivity index (χ4n) is 3.80. The van der Waals surface area contributed by atoms with Crippen molar-refractivity contribution < 1.29 is 32.0 Å². The zero-order valence-corrected chi connectivity index (χ0v) is 19.7. The molecule has 0 radical (unpaired) electrons. The Kier molecular flexibility index (Phi) is 5.54. The van der Waals surface area contributed by atoms with Gasteiger partial charge in [-0.15, -0.1) is 0 Å². The van der Waals surface area contributed by atoms with E-state index in [1.54, 1.807) is 42.5 Å². The summed E-state index contributed by atoms with van der Waals surface area (Å²) in [5.41, 5.74) is 3.49. The number of carbonyl (C=O) groups excluding carboxylic acids is 2. The van der Waals surface area contributed by atoms with Gasteiger partial charge in [-0.25, -0.2) is 19.6 Å². The van der Waals surface area contributed by atoms with Crippen LogP contribution in [0.3, 0.4) is 0 Å². The van der Waals surface area contributed by atoms with Crippen LogP contribution in [-0.2, 0) is 19.6 Å². The molecule has 0 aliphatic heterocycles. The molecule has 0 spiro atoms. The number of aromatic amines is 2. The number of carbonyl (C=O) groups is 2. The molecule has 0 fully saturated rings. The first-order valence-electron chi connectivity index (χ1n) is 10.5. The summed E-state index contributed by atoms with van der Waals surface area (Å²) in [5.74, 6) is -0.404. The van der Waals surface area contributed by atoms with Gasteiger partial charge in [-0.1, -0.05) is 0 Å². The summed E-state index contributed by atoms with van der Waals surface area (Å²) in [5, 5.41) is 0. The molecule has 0 atom stereocenters. The van der Waals surface area contributed by atoms with Gasteiger partial charge in [0.25, 0.3) is 10.1 Å². The van der Waals surface area contributed by atoms with E-state index >= 15 is 0 Å². The molecule has 2 heterocycles. The molecule has 0 unspecified atom stereocenters. The minimum atomic E-state index is -4.57. The zero-order chi connectivity index (χ0) is 25.6. The van der Waals surface area contributed by atoms with E-state index < -0.39 is 22.1 Å². The number of hydrogen-bond acceptors (Lipinski definition) is 8. The van der Waals surface area contributed by atoms with Crippen molar-refractivity contribution in [2.45, 2.75) is 4.90 Å². The maximum absolute atomic E-state index is 12.0. The lowest BCUT2D eigenvalue weighted by Gasteiger charge is -2.05. The number of nitrogens with one attached hydrogen (secondary N) is 2. The quantitative estimate of drug-likeness (QED) is 0.239. The van der Waals surface area contributed by atoms with E-state index in [9.17, 15) is 22.6 Å². The first-order valence-corrected chi connectivity index (χ1v) is 11.9. The topological polar surface area (TPSA) is 164 Å². The number of aromatic nitrogens is 4. The molecule has 3 N–H and O–H groups in total. The minimum Gasteiger partial charge on any atom is -0.465 e. The Balaban J connectivity index is 1.64. The number of fused-ring (bicyclic) bond motifs is 2. The van der Waals surface area contributed by atoms with E-state index in [0.29, 0.717) is 56.0 Å². The van der Waals surface area contributed by atoms with Gasteiger partial charge in [-0.3, -0.25) is 4.55 Å². The molecule has 5 aromatic rings. The van der Waals surface area contributed by atoms with Gasteiger partial charge in [0.1, 0.15) is 11.6 Å². The van der Waals surface area contributed by atoms with E-state index in [1.807, 2.05) is 0 Å². The fraction of sp³-hybridized carbons (Fsp3) is 0.0833. The second kappa shape index (κ2) is 8.59. The Hall–Kier alpha value is -4.55. The molecular weight excluding hydrogens is 488 g/mol. The van der Waals surface area contributed by atoms with E-state index in [1.165, 1.54) is 26.4 Å². The molecule has 0 aliphatic carbocycles. The predicted octanol–water partition coefficient (Wildman–Crippen LogP) is 3.59. The van der Waals surface area contributed by atoms with Crippen LogP contribution in [-0.4, -0.2) is 59.1 Å². The van der Waals surface area contributed by atoms with Gasteiger partial charge in [-0.2, -0.15) is 8.42 Å². The standard InChI is InChI=1S/C24H18N4O7S/c1-34-23(29)12-3-5-17-19(10-12)27-21(25-17)14-7-15(9-16(8-14)36(31,32)33)22-26-18-6-4-13(24(30)35-2)11-20(18)28-22/h3-11H,1-2H3,(H,25,27)(H,26,28)(H,31,32,33). The Morgan fingerprint density at radius 3 is 1.58 bits per heavy atom. The third kappa shape index (κ3) is 4.19. The van der Waals surface area contributed by atoms with Gasteiger partial charge in [0, 0.05) is 11.1 Å². The first kappa shape index (κ1) is 23.2. The number of esters is 2. The summed E-state index contributed by atoms with van der Waals surface area (Å²) in [6, 6.07) is 13.7. The highest BCUT2D eigenvalue weighted by Gasteiger charge is 2.18. The van der Waals surface area contributed by atoms with Gasteiger partial charge in [0.15, 0.2) is 0 Å². The molecule has 0 bridgehead atoms. The third-order valence-electron chi connectivity index (χ3n) is 5.56. The van der Waals surface area contributed by atoms with E-state index in [-0.39, 0.29) is 4.90 Å². The van der Waals surface area contributed by atoms with Crippen LogP contribution in [0.1, 0.15) is 20.7 Å². The molecule has 0 saturated carbocycles. The van der Waals surface area contributed by atoms with Crippen LogP contribution in [0.4, 0.5) is 0 Å². The predicted molar refractivity (Wildman–Crippen MR) is 129 cm³/mol. The lowest BCUT2D eigenvalue weighted by Crippen LogP contribution is -2.00. The lowest BCUT2D eigenvalue weighted by molar-refractivity contribution is 0.0592. The Morgan fingerprint density at radius 1 is 0.750 bits per heavy atom. The molecule has 0 saturated heterocycles. The number of rotatable bonds is 5. The highest BCUT2D eigenvalue weighted by molar-refractivity contribution is 7.85. The summed E-state index contributed by atoms with van der Waals surface area (Å²) in [6.45, 7) is 0. The number of hydrogen-bond donors (Lipinski definition) is 3.